The van der Waals surface area contributed by atoms with Gasteiger partial charge in [-0.05, 0) is 27.3 Å². The molecule has 4 atom stereocenters. The van der Waals surface area contributed by atoms with Gasteiger partial charge in [-0.1, -0.05) is 0 Å². The van der Waals surface area contributed by atoms with Crippen molar-refractivity contribution in [1.29, 1.82) is 0 Å². The zero-order chi connectivity index (χ0) is 11.7. The second-order valence-corrected chi connectivity index (χ2v) is 5.41. The average molecular weight is 227 g/mol. The molecular weight excluding hydrogens is 202 g/mol. The van der Waals surface area contributed by atoms with Crippen LogP contribution in [0.2, 0.25) is 0 Å². The van der Waals surface area contributed by atoms with Gasteiger partial charge in [-0.3, -0.25) is 9.80 Å². The fraction of sp³-hybridized carbons (Fsp3) is 1.00. The van der Waals surface area contributed by atoms with Gasteiger partial charge in [-0.2, -0.15) is 0 Å². The Morgan fingerprint density at radius 1 is 1.19 bits per heavy atom. The van der Waals surface area contributed by atoms with Crippen LogP contribution >= 0.6 is 0 Å². The largest absolute Gasteiger partial charge is 0.380 e. The van der Waals surface area contributed by atoms with E-state index in [1.807, 2.05) is 0 Å². The van der Waals surface area contributed by atoms with E-state index in [4.69, 9.17) is 10.5 Å². The van der Waals surface area contributed by atoms with Crippen molar-refractivity contribution < 1.29 is 4.74 Å². The van der Waals surface area contributed by atoms with Crippen LogP contribution in [-0.2, 0) is 4.74 Å². The summed E-state index contributed by atoms with van der Waals surface area (Å²) in [6.45, 7) is 8.45. The summed E-state index contributed by atoms with van der Waals surface area (Å²) in [5.41, 5.74) is 6.20. The molecule has 2 aliphatic rings. The number of hydrogen-bond acceptors (Lipinski definition) is 4. The van der Waals surface area contributed by atoms with Gasteiger partial charge in [0.25, 0.3) is 0 Å². The Labute approximate surface area is 98.7 Å². The summed E-state index contributed by atoms with van der Waals surface area (Å²) in [6.07, 6.45) is 1.000. The third-order valence-electron chi connectivity index (χ3n) is 4.24. The van der Waals surface area contributed by atoms with Crippen molar-refractivity contribution in [3.05, 3.63) is 0 Å². The Bertz CT molecular complexity index is 224. The van der Waals surface area contributed by atoms with Crippen molar-refractivity contribution in [3.8, 4) is 0 Å². The molecule has 94 valence electrons. The minimum atomic E-state index is 0.288. The van der Waals surface area contributed by atoms with E-state index in [9.17, 15) is 0 Å². The summed E-state index contributed by atoms with van der Waals surface area (Å²) in [5, 5.41) is 0. The van der Waals surface area contributed by atoms with E-state index in [2.05, 4.69) is 30.7 Å². The molecule has 0 saturated carbocycles. The van der Waals surface area contributed by atoms with Gasteiger partial charge in [-0.25, -0.2) is 0 Å². The SMILES string of the molecule is CC1CN(C2COCCC2N)CC(C)N1C. The molecule has 2 rings (SSSR count). The Balaban J connectivity index is 1.98. The number of nitrogens with zero attached hydrogens (tertiary/aromatic N) is 2. The first-order valence-corrected chi connectivity index (χ1v) is 6.39. The summed E-state index contributed by atoms with van der Waals surface area (Å²) in [5.74, 6) is 0. The molecule has 0 spiro atoms. The maximum Gasteiger partial charge on any atom is 0.0636 e. The highest BCUT2D eigenvalue weighted by molar-refractivity contribution is 4.91. The van der Waals surface area contributed by atoms with E-state index in [1.54, 1.807) is 0 Å². The zero-order valence-corrected chi connectivity index (χ0v) is 10.7. The predicted octanol–water partition coefficient (Wildman–Crippen LogP) is 0.127. The maximum absolute atomic E-state index is 6.20. The number of rotatable bonds is 1. The molecule has 0 radical (unpaired) electrons. The molecule has 4 heteroatoms. The van der Waals surface area contributed by atoms with Crippen LogP contribution < -0.4 is 5.73 Å². The van der Waals surface area contributed by atoms with Crippen molar-refractivity contribution in [2.75, 3.05) is 33.4 Å². The van der Waals surface area contributed by atoms with Gasteiger partial charge in [0.1, 0.15) is 0 Å². The molecule has 0 aromatic carbocycles. The number of piperazine rings is 1. The molecule has 2 saturated heterocycles. The molecule has 0 amide bonds. The van der Waals surface area contributed by atoms with Gasteiger partial charge in [0.2, 0.25) is 0 Å². The molecule has 4 unspecified atom stereocenters. The molecule has 2 aliphatic heterocycles. The van der Waals surface area contributed by atoms with Crippen molar-refractivity contribution in [2.24, 2.45) is 5.73 Å². The first kappa shape index (κ1) is 12.3. The third-order valence-corrected chi connectivity index (χ3v) is 4.24. The molecule has 2 N–H and O–H groups in total. The molecule has 0 aromatic rings. The van der Waals surface area contributed by atoms with Crippen molar-refractivity contribution in [2.45, 2.75) is 44.4 Å². The summed E-state index contributed by atoms with van der Waals surface area (Å²) < 4.78 is 5.57. The second kappa shape index (κ2) is 5.00. The number of ether oxygens (including phenoxy) is 1. The predicted molar refractivity (Wildman–Crippen MR) is 65.5 cm³/mol. The minimum absolute atomic E-state index is 0.288. The normalized spacial score (nSPS) is 43.5. The molecule has 0 aliphatic carbocycles. The fourth-order valence-corrected chi connectivity index (χ4v) is 2.83. The maximum atomic E-state index is 6.20. The Morgan fingerprint density at radius 3 is 2.38 bits per heavy atom. The Kier molecular flexibility index (Phi) is 3.85. The molecule has 0 bridgehead atoms. The van der Waals surface area contributed by atoms with Crippen LogP contribution in [-0.4, -0.2) is 67.3 Å². The second-order valence-electron chi connectivity index (χ2n) is 5.41. The topological polar surface area (TPSA) is 41.7 Å². The smallest absolute Gasteiger partial charge is 0.0636 e. The van der Waals surface area contributed by atoms with Crippen LogP contribution in [0, 0.1) is 0 Å². The van der Waals surface area contributed by atoms with Gasteiger partial charge >= 0.3 is 0 Å². The van der Waals surface area contributed by atoms with Gasteiger partial charge < -0.3 is 10.5 Å². The van der Waals surface area contributed by atoms with E-state index in [0.29, 0.717) is 18.1 Å². The molecular formula is C12H25N3O. The molecule has 2 heterocycles. The van der Waals surface area contributed by atoms with Crippen molar-refractivity contribution in [1.82, 2.24) is 9.80 Å². The van der Waals surface area contributed by atoms with Crippen LogP contribution in [0.1, 0.15) is 20.3 Å². The van der Waals surface area contributed by atoms with Crippen molar-refractivity contribution >= 4 is 0 Å². The molecule has 2 fully saturated rings. The lowest BCUT2D eigenvalue weighted by Gasteiger charge is -2.47. The first-order valence-electron chi connectivity index (χ1n) is 6.39. The molecule has 0 aromatic heterocycles. The molecule has 16 heavy (non-hydrogen) atoms. The van der Waals surface area contributed by atoms with Gasteiger partial charge in [0, 0.05) is 43.9 Å². The number of nitrogens with two attached hydrogens (primary N) is 1. The van der Waals surface area contributed by atoms with E-state index in [-0.39, 0.29) is 6.04 Å². The number of hydrogen-bond donors (Lipinski definition) is 1. The van der Waals surface area contributed by atoms with Crippen LogP contribution in [0.25, 0.3) is 0 Å². The van der Waals surface area contributed by atoms with Gasteiger partial charge in [-0.15, -0.1) is 0 Å². The van der Waals surface area contributed by atoms with E-state index in [1.165, 1.54) is 0 Å². The Morgan fingerprint density at radius 2 is 1.81 bits per heavy atom. The van der Waals surface area contributed by atoms with Crippen molar-refractivity contribution in [3.63, 3.8) is 0 Å². The van der Waals surface area contributed by atoms with Crippen LogP contribution in [0.3, 0.4) is 0 Å². The highest BCUT2D eigenvalue weighted by Crippen LogP contribution is 2.20. The van der Waals surface area contributed by atoms with Crippen LogP contribution in [0.4, 0.5) is 0 Å². The number of likely N-dealkylation sites (N-methyl/N-ethyl adjacent to an activating group) is 1. The van der Waals surface area contributed by atoms with E-state index < -0.39 is 0 Å². The van der Waals surface area contributed by atoms with E-state index >= 15 is 0 Å². The minimum Gasteiger partial charge on any atom is -0.380 e. The van der Waals surface area contributed by atoms with E-state index in [0.717, 1.165) is 32.7 Å². The van der Waals surface area contributed by atoms with Gasteiger partial charge in [0.15, 0.2) is 0 Å². The lowest BCUT2D eigenvalue weighted by molar-refractivity contribution is -0.0344. The summed E-state index contributed by atoms with van der Waals surface area (Å²) >= 11 is 0. The van der Waals surface area contributed by atoms with Crippen LogP contribution in [0.15, 0.2) is 0 Å². The molecule has 4 nitrogen and oxygen atoms in total. The highest BCUT2D eigenvalue weighted by atomic mass is 16.5. The summed E-state index contributed by atoms with van der Waals surface area (Å²) in [4.78, 5) is 4.98. The van der Waals surface area contributed by atoms with Crippen LogP contribution in [0.5, 0.6) is 0 Å². The summed E-state index contributed by atoms with van der Waals surface area (Å²) in [6, 6.07) is 1.93. The first-order chi connectivity index (χ1) is 7.59. The lowest BCUT2D eigenvalue weighted by atomic mass is 9.99. The highest BCUT2D eigenvalue weighted by Gasteiger charge is 2.34. The third kappa shape index (κ3) is 2.40. The standard InChI is InChI=1S/C12H25N3O/c1-9-6-15(7-10(2)14(9)3)12-8-16-5-4-11(12)13/h9-12H,4-8,13H2,1-3H3. The van der Waals surface area contributed by atoms with Gasteiger partial charge in [0.05, 0.1) is 6.61 Å². The fourth-order valence-electron chi connectivity index (χ4n) is 2.83. The quantitative estimate of drug-likeness (QED) is 0.691. The monoisotopic (exact) mass is 227 g/mol. The Hall–Kier alpha value is -0.160. The average Bonchev–Trinajstić information content (AvgIpc) is 2.26. The lowest BCUT2D eigenvalue weighted by Crippen LogP contribution is -2.62. The zero-order valence-electron chi connectivity index (χ0n) is 10.7. The summed E-state index contributed by atoms with van der Waals surface area (Å²) in [7, 11) is 2.21.